The van der Waals surface area contributed by atoms with Crippen molar-refractivity contribution in [3.63, 3.8) is 0 Å². The van der Waals surface area contributed by atoms with Gasteiger partial charge in [0.05, 0.1) is 16.2 Å². The van der Waals surface area contributed by atoms with Crippen molar-refractivity contribution >= 4 is 23.0 Å². The van der Waals surface area contributed by atoms with Crippen molar-refractivity contribution < 1.29 is 18.5 Å². The zero-order valence-corrected chi connectivity index (χ0v) is 10.5. The number of nitro benzene ring substituents is 1. The van der Waals surface area contributed by atoms with Gasteiger partial charge in [0, 0.05) is 23.9 Å². The first-order valence-corrected chi connectivity index (χ1v) is 5.69. The predicted molar refractivity (Wildman–Crippen MR) is 71.8 cm³/mol. The van der Waals surface area contributed by atoms with Crippen molar-refractivity contribution in [3.05, 3.63) is 63.7 Å². The molecule has 108 valence electrons. The monoisotopic (exact) mass is 293 g/mol. The lowest BCUT2D eigenvalue weighted by Gasteiger charge is -2.08. The first kappa shape index (κ1) is 14.4. The fraction of sp³-hybridized carbons (Fsp3) is 0. The molecule has 0 aliphatic rings. The van der Waals surface area contributed by atoms with Crippen LogP contribution in [0.25, 0.3) is 0 Å². The summed E-state index contributed by atoms with van der Waals surface area (Å²) in [5.41, 5.74) is 4.81. The zero-order valence-electron chi connectivity index (χ0n) is 10.5. The fourth-order valence-electron chi connectivity index (χ4n) is 1.63. The number of non-ortho nitro benzene ring substituents is 1. The SMILES string of the molecule is Nc1ccc([N+](=O)[O-])cc1C(=O)Nc1ccc(F)cc1F. The maximum Gasteiger partial charge on any atom is 0.270 e. The Balaban J connectivity index is 2.32. The summed E-state index contributed by atoms with van der Waals surface area (Å²) in [5, 5.41) is 12.8. The maximum absolute atomic E-state index is 13.4. The number of nitrogens with two attached hydrogens (primary N) is 1. The minimum absolute atomic E-state index is 0.000574. The van der Waals surface area contributed by atoms with Crippen LogP contribution < -0.4 is 11.1 Å². The largest absolute Gasteiger partial charge is 0.398 e. The number of carbonyl (C=O) groups is 1. The molecule has 0 radical (unpaired) electrons. The molecule has 0 atom stereocenters. The molecule has 0 unspecified atom stereocenters. The molecule has 2 aromatic rings. The number of nitrogens with one attached hydrogen (secondary N) is 1. The Bertz CT molecular complexity index is 735. The third-order valence-electron chi connectivity index (χ3n) is 2.67. The molecule has 21 heavy (non-hydrogen) atoms. The normalized spacial score (nSPS) is 10.2. The van der Waals surface area contributed by atoms with Gasteiger partial charge in [-0.1, -0.05) is 0 Å². The highest BCUT2D eigenvalue weighted by Gasteiger charge is 2.16. The summed E-state index contributed by atoms with van der Waals surface area (Å²) in [6.07, 6.45) is 0. The van der Waals surface area contributed by atoms with Crippen molar-refractivity contribution in [2.24, 2.45) is 0 Å². The van der Waals surface area contributed by atoms with Crippen molar-refractivity contribution in [2.45, 2.75) is 0 Å². The van der Waals surface area contributed by atoms with Crippen LogP contribution >= 0.6 is 0 Å². The number of rotatable bonds is 3. The predicted octanol–water partition coefficient (Wildman–Crippen LogP) is 2.71. The number of benzene rings is 2. The number of carbonyl (C=O) groups excluding carboxylic acids is 1. The van der Waals surface area contributed by atoms with E-state index in [1.807, 2.05) is 0 Å². The van der Waals surface area contributed by atoms with Gasteiger partial charge in [-0.25, -0.2) is 8.78 Å². The lowest BCUT2D eigenvalue weighted by atomic mass is 10.1. The smallest absolute Gasteiger partial charge is 0.270 e. The molecule has 0 aliphatic heterocycles. The van der Waals surface area contributed by atoms with E-state index in [4.69, 9.17) is 5.73 Å². The Morgan fingerprint density at radius 1 is 1.19 bits per heavy atom. The first-order chi connectivity index (χ1) is 9.88. The van der Waals surface area contributed by atoms with Gasteiger partial charge in [0.25, 0.3) is 11.6 Å². The standard InChI is InChI=1S/C13H9F2N3O3/c14-7-1-4-12(10(15)5-7)17-13(19)9-6-8(18(20)21)2-3-11(9)16/h1-6H,16H2,(H,17,19). The second kappa shape index (κ2) is 5.53. The molecule has 0 spiro atoms. The van der Waals surface area contributed by atoms with E-state index >= 15 is 0 Å². The number of amides is 1. The van der Waals surface area contributed by atoms with Gasteiger partial charge >= 0.3 is 0 Å². The van der Waals surface area contributed by atoms with Gasteiger partial charge in [-0.2, -0.15) is 0 Å². The van der Waals surface area contributed by atoms with Gasteiger partial charge in [-0.05, 0) is 18.2 Å². The van der Waals surface area contributed by atoms with E-state index < -0.39 is 22.5 Å². The molecular weight excluding hydrogens is 284 g/mol. The Kier molecular flexibility index (Phi) is 3.79. The lowest BCUT2D eigenvalue weighted by molar-refractivity contribution is -0.384. The van der Waals surface area contributed by atoms with Crippen LogP contribution in [0.1, 0.15) is 10.4 Å². The maximum atomic E-state index is 13.4. The molecule has 0 fully saturated rings. The topological polar surface area (TPSA) is 98.3 Å². The summed E-state index contributed by atoms with van der Waals surface area (Å²) in [7, 11) is 0. The number of anilines is 2. The summed E-state index contributed by atoms with van der Waals surface area (Å²) in [4.78, 5) is 22.0. The molecule has 2 rings (SSSR count). The second-order valence-corrected chi connectivity index (χ2v) is 4.11. The van der Waals surface area contributed by atoms with Crippen LogP contribution in [-0.4, -0.2) is 10.8 Å². The summed E-state index contributed by atoms with van der Waals surface area (Å²) in [6, 6.07) is 5.93. The van der Waals surface area contributed by atoms with E-state index in [2.05, 4.69) is 5.32 Å². The third kappa shape index (κ3) is 3.11. The van der Waals surface area contributed by atoms with E-state index in [-0.39, 0.29) is 22.6 Å². The molecular formula is C13H9F2N3O3. The summed E-state index contributed by atoms with van der Waals surface area (Å²) in [5.74, 6) is -2.59. The van der Waals surface area contributed by atoms with E-state index in [9.17, 15) is 23.7 Å². The zero-order chi connectivity index (χ0) is 15.6. The highest BCUT2D eigenvalue weighted by atomic mass is 19.1. The van der Waals surface area contributed by atoms with Crippen LogP contribution in [0.15, 0.2) is 36.4 Å². The summed E-state index contributed by atoms with van der Waals surface area (Å²) >= 11 is 0. The first-order valence-electron chi connectivity index (χ1n) is 5.69. The van der Waals surface area contributed by atoms with Crippen LogP contribution in [0.3, 0.4) is 0 Å². The van der Waals surface area contributed by atoms with E-state index in [0.29, 0.717) is 6.07 Å². The highest BCUT2D eigenvalue weighted by Crippen LogP contribution is 2.22. The molecule has 6 nitrogen and oxygen atoms in total. The minimum atomic E-state index is -0.965. The van der Waals surface area contributed by atoms with Gasteiger partial charge in [0.15, 0.2) is 0 Å². The Labute approximate surface area is 117 Å². The van der Waals surface area contributed by atoms with Crippen molar-refractivity contribution in [2.75, 3.05) is 11.1 Å². The average Bonchev–Trinajstić information content (AvgIpc) is 2.42. The Morgan fingerprint density at radius 2 is 1.90 bits per heavy atom. The molecule has 0 aliphatic carbocycles. The van der Waals surface area contributed by atoms with Gasteiger partial charge in [0.1, 0.15) is 11.6 Å². The molecule has 8 heteroatoms. The van der Waals surface area contributed by atoms with Crippen LogP contribution in [-0.2, 0) is 0 Å². The van der Waals surface area contributed by atoms with Gasteiger partial charge in [-0.3, -0.25) is 14.9 Å². The van der Waals surface area contributed by atoms with E-state index in [1.165, 1.54) is 6.07 Å². The van der Waals surface area contributed by atoms with Crippen LogP contribution in [0.5, 0.6) is 0 Å². The number of nitro groups is 1. The van der Waals surface area contributed by atoms with Crippen molar-refractivity contribution in [1.82, 2.24) is 0 Å². The second-order valence-electron chi connectivity index (χ2n) is 4.11. The molecule has 0 saturated heterocycles. The minimum Gasteiger partial charge on any atom is -0.398 e. The molecule has 1 amide bonds. The molecule has 0 bridgehead atoms. The van der Waals surface area contributed by atoms with E-state index in [1.54, 1.807) is 0 Å². The van der Waals surface area contributed by atoms with Gasteiger partial charge in [-0.15, -0.1) is 0 Å². The third-order valence-corrected chi connectivity index (χ3v) is 2.67. The van der Waals surface area contributed by atoms with Crippen LogP contribution in [0, 0.1) is 21.7 Å². The van der Waals surface area contributed by atoms with Crippen LogP contribution in [0.4, 0.5) is 25.8 Å². The number of halogens is 2. The number of hydrogen-bond donors (Lipinski definition) is 2. The fourth-order valence-corrected chi connectivity index (χ4v) is 1.63. The number of nitrogens with zero attached hydrogens (tertiary/aromatic N) is 1. The van der Waals surface area contributed by atoms with E-state index in [0.717, 1.165) is 24.3 Å². The molecule has 0 heterocycles. The Morgan fingerprint density at radius 3 is 2.52 bits per heavy atom. The van der Waals surface area contributed by atoms with Crippen LogP contribution in [0.2, 0.25) is 0 Å². The molecule has 2 aromatic carbocycles. The van der Waals surface area contributed by atoms with Gasteiger partial charge < -0.3 is 11.1 Å². The van der Waals surface area contributed by atoms with Crippen molar-refractivity contribution in [3.8, 4) is 0 Å². The number of hydrogen-bond acceptors (Lipinski definition) is 4. The average molecular weight is 293 g/mol. The molecule has 0 saturated carbocycles. The van der Waals surface area contributed by atoms with Crippen molar-refractivity contribution in [1.29, 1.82) is 0 Å². The molecule has 0 aromatic heterocycles. The Hall–Kier alpha value is -3.03. The quantitative estimate of drug-likeness (QED) is 0.516. The molecule has 3 N–H and O–H groups in total. The summed E-state index contributed by atoms with van der Waals surface area (Å²) < 4.78 is 26.2. The highest BCUT2D eigenvalue weighted by molar-refractivity contribution is 6.08. The number of nitrogen functional groups attached to an aromatic ring is 1. The lowest BCUT2D eigenvalue weighted by Crippen LogP contribution is -2.15. The van der Waals surface area contributed by atoms with Gasteiger partial charge in [0.2, 0.25) is 0 Å². The summed E-state index contributed by atoms with van der Waals surface area (Å²) in [6.45, 7) is 0.